The Balaban J connectivity index is 2.19. The molecule has 0 spiro atoms. The van der Waals surface area contributed by atoms with Gasteiger partial charge in [0.25, 0.3) is 0 Å². The molecule has 0 saturated carbocycles. The molecule has 0 fully saturated rings. The highest BCUT2D eigenvalue weighted by molar-refractivity contribution is 9.10. The van der Waals surface area contributed by atoms with Crippen LogP contribution in [0.25, 0.3) is 0 Å². The maximum atomic E-state index is 13.4. The molecule has 0 atom stereocenters. The lowest BCUT2D eigenvalue weighted by Crippen LogP contribution is -2.23. The molecule has 0 aliphatic rings. The molecule has 0 aliphatic heterocycles. The highest BCUT2D eigenvalue weighted by atomic mass is 79.9. The predicted molar refractivity (Wildman–Crippen MR) is 79.3 cm³/mol. The van der Waals surface area contributed by atoms with Gasteiger partial charge in [-0.15, -0.1) is 0 Å². The first-order valence-corrected chi connectivity index (χ1v) is 8.17. The maximum absolute atomic E-state index is 13.4. The molecule has 0 saturated heterocycles. The lowest BCUT2D eigenvalue weighted by molar-refractivity contribution is 0.574. The van der Waals surface area contributed by atoms with Gasteiger partial charge in [-0.2, -0.15) is 0 Å². The number of rotatable bonds is 4. The minimum Gasteiger partial charge on any atom is -0.207 e. The normalized spacial score (nSPS) is 11.6. The van der Waals surface area contributed by atoms with Gasteiger partial charge in [-0.1, -0.05) is 34.1 Å². The molecule has 2 rings (SSSR count). The first-order chi connectivity index (χ1) is 9.40. The summed E-state index contributed by atoms with van der Waals surface area (Å²) in [5, 5.41) is 0. The van der Waals surface area contributed by atoms with Crippen molar-refractivity contribution in [2.45, 2.75) is 18.4 Å². The van der Waals surface area contributed by atoms with E-state index in [0.717, 1.165) is 10.0 Å². The zero-order chi connectivity index (χ0) is 14.8. The van der Waals surface area contributed by atoms with Crippen LogP contribution >= 0.6 is 15.9 Å². The van der Waals surface area contributed by atoms with E-state index in [1.807, 2.05) is 0 Å². The van der Waals surface area contributed by atoms with Gasteiger partial charge in [-0.25, -0.2) is 17.5 Å². The third kappa shape index (κ3) is 3.45. The first-order valence-electron chi connectivity index (χ1n) is 5.89. The molecular weight excluding hydrogens is 345 g/mol. The molecule has 0 aliphatic carbocycles. The SMILES string of the molecule is Cc1cc(S(=O)(=O)NCc2ccccc2F)ccc1Br. The Morgan fingerprint density at radius 1 is 1.20 bits per heavy atom. The second kappa shape index (κ2) is 6.03. The fourth-order valence-electron chi connectivity index (χ4n) is 1.68. The Hall–Kier alpha value is -1.24. The molecule has 6 heteroatoms. The van der Waals surface area contributed by atoms with Gasteiger partial charge >= 0.3 is 0 Å². The van der Waals surface area contributed by atoms with Gasteiger partial charge in [-0.3, -0.25) is 0 Å². The van der Waals surface area contributed by atoms with Crippen LogP contribution in [0.1, 0.15) is 11.1 Å². The minimum atomic E-state index is -3.65. The Morgan fingerprint density at radius 2 is 1.90 bits per heavy atom. The van der Waals surface area contributed by atoms with Gasteiger partial charge < -0.3 is 0 Å². The molecule has 0 radical (unpaired) electrons. The predicted octanol–water partition coefficient (Wildman–Crippen LogP) is 3.38. The van der Waals surface area contributed by atoms with Gasteiger partial charge in [0.05, 0.1) is 4.90 Å². The monoisotopic (exact) mass is 357 g/mol. The second-order valence-corrected chi connectivity index (χ2v) is 6.95. The van der Waals surface area contributed by atoms with Crippen molar-refractivity contribution in [2.24, 2.45) is 0 Å². The Morgan fingerprint density at radius 3 is 2.55 bits per heavy atom. The van der Waals surface area contributed by atoms with Crippen molar-refractivity contribution in [3.05, 3.63) is 63.9 Å². The lowest BCUT2D eigenvalue weighted by Gasteiger charge is -2.09. The van der Waals surface area contributed by atoms with Crippen molar-refractivity contribution < 1.29 is 12.8 Å². The number of aryl methyl sites for hydroxylation is 1. The summed E-state index contributed by atoms with van der Waals surface area (Å²) in [5.41, 5.74) is 1.13. The van der Waals surface area contributed by atoms with Gasteiger partial charge in [0, 0.05) is 16.6 Å². The van der Waals surface area contributed by atoms with Gasteiger partial charge in [0.2, 0.25) is 10.0 Å². The molecule has 0 heterocycles. The highest BCUT2D eigenvalue weighted by Crippen LogP contribution is 2.20. The van der Waals surface area contributed by atoms with Crippen LogP contribution in [-0.4, -0.2) is 8.42 Å². The second-order valence-electron chi connectivity index (χ2n) is 4.33. The van der Waals surface area contributed by atoms with Gasteiger partial charge in [-0.05, 0) is 36.8 Å². The van der Waals surface area contributed by atoms with Crippen LogP contribution in [0.15, 0.2) is 51.8 Å². The van der Waals surface area contributed by atoms with E-state index >= 15 is 0 Å². The summed E-state index contributed by atoms with van der Waals surface area (Å²) in [4.78, 5) is 0.162. The largest absolute Gasteiger partial charge is 0.240 e. The Kier molecular flexibility index (Phi) is 4.57. The molecule has 1 N–H and O–H groups in total. The van der Waals surface area contributed by atoms with Crippen LogP contribution < -0.4 is 4.72 Å². The number of sulfonamides is 1. The molecule has 0 bridgehead atoms. The van der Waals surface area contributed by atoms with Gasteiger partial charge in [0.15, 0.2) is 0 Å². The fraction of sp³-hybridized carbons (Fsp3) is 0.143. The summed E-state index contributed by atoms with van der Waals surface area (Å²) in [6.45, 7) is 1.73. The molecule has 0 unspecified atom stereocenters. The molecule has 106 valence electrons. The van der Waals surface area contributed by atoms with Crippen molar-refractivity contribution in [2.75, 3.05) is 0 Å². The standard InChI is InChI=1S/C14H13BrFNO2S/c1-10-8-12(6-7-13(10)15)20(18,19)17-9-11-4-2-3-5-14(11)16/h2-8,17H,9H2,1H3. The number of nitrogens with one attached hydrogen (secondary N) is 1. The molecule has 2 aromatic rings. The van der Waals surface area contributed by atoms with E-state index < -0.39 is 15.8 Å². The van der Waals surface area contributed by atoms with Crippen LogP contribution in [0.4, 0.5) is 4.39 Å². The minimum absolute atomic E-state index is 0.0792. The lowest BCUT2D eigenvalue weighted by atomic mass is 10.2. The van der Waals surface area contributed by atoms with Crippen LogP contribution in [0, 0.1) is 12.7 Å². The highest BCUT2D eigenvalue weighted by Gasteiger charge is 2.15. The third-order valence-electron chi connectivity index (χ3n) is 2.85. The van der Waals surface area contributed by atoms with Crippen LogP contribution in [0.5, 0.6) is 0 Å². The number of benzene rings is 2. The molecular formula is C14H13BrFNO2S. The maximum Gasteiger partial charge on any atom is 0.240 e. The molecule has 0 amide bonds. The summed E-state index contributed by atoms with van der Waals surface area (Å²) in [6, 6.07) is 10.8. The van der Waals surface area contributed by atoms with E-state index in [1.54, 1.807) is 37.3 Å². The van der Waals surface area contributed by atoms with E-state index in [9.17, 15) is 12.8 Å². The third-order valence-corrected chi connectivity index (χ3v) is 5.14. The van der Waals surface area contributed by atoms with Gasteiger partial charge in [0.1, 0.15) is 5.82 Å². The number of halogens is 2. The Bertz CT molecular complexity index is 732. The van der Waals surface area contributed by atoms with Crippen molar-refractivity contribution >= 4 is 26.0 Å². The van der Waals surface area contributed by atoms with Crippen molar-refractivity contribution in [1.82, 2.24) is 4.72 Å². The smallest absolute Gasteiger partial charge is 0.207 e. The van der Waals surface area contributed by atoms with Crippen molar-refractivity contribution in [1.29, 1.82) is 0 Å². The summed E-state index contributed by atoms with van der Waals surface area (Å²) >= 11 is 3.32. The van der Waals surface area contributed by atoms with E-state index in [1.165, 1.54) is 12.1 Å². The Labute approximate surface area is 126 Å². The zero-order valence-corrected chi connectivity index (χ0v) is 13.1. The van der Waals surface area contributed by atoms with E-state index in [4.69, 9.17) is 0 Å². The average Bonchev–Trinajstić information content (AvgIpc) is 2.41. The molecule has 20 heavy (non-hydrogen) atoms. The summed E-state index contributed by atoms with van der Waals surface area (Å²) in [5.74, 6) is -0.429. The number of hydrogen-bond acceptors (Lipinski definition) is 2. The van der Waals surface area contributed by atoms with Crippen molar-refractivity contribution in [3.8, 4) is 0 Å². The van der Waals surface area contributed by atoms with Crippen LogP contribution in [0.2, 0.25) is 0 Å². The summed E-state index contributed by atoms with van der Waals surface area (Å²) in [7, 11) is -3.65. The molecule has 2 aromatic carbocycles. The number of hydrogen-bond donors (Lipinski definition) is 1. The van der Waals surface area contributed by atoms with E-state index in [2.05, 4.69) is 20.7 Å². The van der Waals surface area contributed by atoms with Crippen LogP contribution in [0.3, 0.4) is 0 Å². The van der Waals surface area contributed by atoms with E-state index in [-0.39, 0.29) is 11.4 Å². The zero-order valence-electron chi connectivity index (χ0n) is 10.7. The molecule has 3 nitrogen and oxygen atoms in total. The van der Waals surface area contributed by atoms with Crippen LogP contribution in [-0.2, 0) is 16.6 Å². The van der Waals surface area contributed by atoms with Crippen molar-refractivity contribution in [3.63, 3.8) is 0 Å². The van der Waals surface area contributed by atoms with E-state index in [0.29, 0.717) is 5.56 Å². The average molecular weight is 358 g/mol. The summed E-state index contributed by atoms with van der Waals surface area (Å²) < 4.78 is 40.9. The molecule has 0 aromatic heterocycles. The summed E-state index contributed by atoms with van der Waals surface area (Å²) in [6.07, 6.45) is 0. The first kappa shape index (κ1) is 15.2. The topological polar surface area (TPSA) is 46.2 Å². The fourth-order valence-corrected chi connectivity index (χ4v) is 3.02. The quantitative estimate of drug-likeness (QED) is 0.911.